The van der Waals surface area contributed by atoms with Crippen molar-refractivity contribution >= 4 is 33.8 Å². The van der Waals surface area contributed by atoms with Gasteiger partial charge in [0.2, 0.25) is 5.78 Å². The number of benzene rings is 2. The predicted octanol–water partition coefficient (Wildman–Crippen LogP) is 5.19. The van der Waals surface area contributed by atoms with Crippen molar-refractivity contribution in [1.82, 2.24) is 4.98 Å². The van der Waals surface area contributed by atoms with Crippen molar-refractivity contribution in [3.8, 4) is 0 Å². The Hall–Kier alpha value is -2.66. The highest BCUT2D eigenvalue weighted by atomic mass is 32.1. The Morgan fingerprint density at radius 2 is 1.92 bits per heavy atom. The molecule has 3 rings (SSSR count). The van der Waals surface area contributed by atoms with E-state index in [4.69, 9.17) is 5.73 Å². The number of rotatable bonds is 5. The molecule has 5 heteroatoms. The summed E-state index contributed by atoms with van der Waals surface area (Å²) in [5, 5.41) is 4.00. The Kier molecular flexibility index (Phi) is 5.09. The molecule has 0 amide bonds. The van der Waals surface area contributed by atoms with Gasteiger partial charge in [0.1, 0.15) is 10.7 Å². The molecule has 0 aliphatic heterocycles. The molecule has 0 aliphatic carbocycles. The zero-order chi connectivity index (χ0) is 18.8. The Labute approximate surface area is 158 Å². The van der Waals surface area contributed by atoms with E-state index in [1.807, 2.05) is 38.1 Å². The summed E-state index contributed by atoms with van der Waals surface area (Å²) >= 11 is 1.30. The smallest absolute Gasteiger partial charge is 0.207 e. The second-order valence-corrected chi connectivity index (χ2v) is 7.47. The van der Waals surface area contributed by atoms with Crippen LogP contribution in [0.5, 0.6) is 0 Å². The van der Waals surface area contributed by atoms with Crippen LogP contribution >= 0.6 is 11.3 Å². The van der Waals surface area contributed by atoms with Crippen LogP contribution in [0, 0.1) is 20.8 Å². The molecule has 0 saturated carbocycles. The Balaban J connectivity index is 1.94. The number of aryl methyl sites for hydroxylation is 4. The summed E-state index contributed by atoms with van der Waals surface area (Å²) in [7, 11) is 0. The molecule has 4 nitrogen and oxygen atoms in total. The lowest BCUT2D eigenvalue weighted by molar-refractivity contribution is 0.104. The molecule has 0 radical (unpaired) electrons. The highest BCUT2D eigenvalue weighted by Crippen LogP contribution is 2.32. The van der Waals surface area contributed by atoms with E-state index in [-0.39, 0.29) is 11.6 Å². The van der Waals surface area contributed by atoms with Gasteiger partial charge in [-0.2, -0.15) is 0 Å². The minimum atomic E-state index is -0.0777. The van der Waals surface area contributed by atoms with Crippen molar-refractivity contribution in [2.45, 2.75) is 34.1 Å². The second-order valence-electron chi connectivity index (χ2n) is 6.47. The molecule has 0 fully saturated rings. The lowest BCUT2D eigenvalue weighted by Crippen LogP contribution is -2.04. The summed E-state index contributed by atoms with van der Waals surface area (Å²) in [6.07, 6.45) is 0.916. The third kappa shape index (κ3) is 3.48. The molecular formula is C21H23N3OS. The van der Waals surface area contributed by atoms with Gasteiger partial charge in [-0.25, -0.2) is 4.98 Å². The van der Waals surface area contributed by atoms with Gasteiger partial charge in [0.25, 0.3) is 0 Å². The first-order valence-corrected chi connectivity index (χ1v) is 9.46. The highest BCUT2D eigenvalue weighted by Gasteiger charge is 2.20. The van der Waals surface area contributed by atoms with Gasteiger partial charge < -0.3 is 11.1 Å². The number of nitrogen functional groups attached to an aromatic ring is 1. The van der Waals surface area contributed by atoms with E-state index in [1.54, 1.807) is 0 Å². The number of hydrogen-bond donors (Lipinski definition) is 2. The molecular weight excluding hydrogens is 342 g/mol. The summed E-state index contributed by atoms with van der Waals surface area (Å²) < 4.78 is 0. The molecule has 1 aromatic heterocycles. The summed E-state index contributed by atoms with van der Waals surface area (Å²) in [6.45, 7) is 8.13. The number of aromatic nitrogens is 1. The van der Waals surface area contributed by atoms with Crippen LogP contribution in [0.3, 0.4) is 0 Å². The maximum Gasteiger partial charge on any atom is 0.207 e. The van der Waals surface area contributed by atoms with Gasteiger partial charge >= 0.3 is 0 Å². The number of para-hydroxylation sites is 1. The molecule has 134 valence electrons. The molecule has 1 heterocycles. The van der Waals surface area contributed by atoms with Crippen LogP contribution in [0.1, 0.15) is 44.4 Å². The molecule has 2 aromatic carbocycles. The van der Waals surface area contributed by atoms with E-state index >= 15 is 0 Å². The molecule has 0 saturated heterocycles. The van der Waals surface area contributed by atoms with E-state index in [0.29, 0.717) is 15.6 Å². The normalized spacial score (nSPS) is 10.8. The van der Waals surface area contributed by atoms with Crippen LogP contribution in [-0.2, 0) is 6.42 Å². The van der Waals surface area contributed by atoms with Gasteiger partial charge in [-0.3, -0.25) is 4.79 Å². The number of nitrogens with one attached hydrogen (secondary N) is 1. The fraction of sp³-hybridized carbons (Fsp3) is 0.238. The molecule has 0 unspecified atom stereocenters. The van der Waals surface area contributed by atoms with Gasteiger partial charge in [-0.15, -0.1) is 0 Å². The number of carbonyl (C=O) groups is 1. The number of anilines is 3. The molecule has 3 N–H and O–H groups in total. The first-order chi connectivity index (χ1) is 12.4. The molecule has 0 aliphatic rings. The van der Waals surface area contributed by atoms with E-state index in [0.717, 1.165) is 28.8 Å². The fourth-order valence-electron chi connectivity index (χ4n) is 3.05. The Morgan fingerprint density at radius 1 is 1.15 bits per heavy atom. The number of thiazole rings is 1. The van der Waals surface area contributed by atoms with Gasteiger partial charge in [0, 0.05) is 11.3 Å². The standard InChI is InChI=1S/C21H23N3OS/c1-5-15-8-6-7-13(3)17(15)23-21-24-20(22)19(26-21)18(25)16-10-9-12(2)11-14(16)4/h6-11H,5,22H2,1-4H3,(H,23,24). The van der Waals surface area contributed by atoms with Crippen LogP contribution in [0.4, 0.5) is 16.6 Å². The summed E-state index contributed by atoms with van der Waals surface area (Å²) in [5.74, 6) is 0.195. The van der Waals surface area contributed by atoms with Crippen molar-refractivity contribution in [2.24, 2.45) is 0 Å². The Morgan fingerprint density at radius 3 is 2.62 bits per heavy atom. The van der Waals surface area contributed by atoms with Gasteiger partial charge in [-0.1, -0.05) is 60.2 Å². The third-order valence-corrected chi connectivity index (χ3v) is 5.44. The van der Waals surface area contributed by atoms with Crippen LogP contribution in [0.25, 0.3) is 0 Å². The molecule has 0 atom stereocenters. The average molecular weight is 366 g/mol. The second kappa shape index (κ2) is 7.30. The fourth-order valence-corrected chi connectivity index (χ4v) is 3.89. The zero-order valence-corrected chi connectivity index (χ0v) is 16.3. The number of ketones is 1. The first-order valence-electron chi connectivity index (χ1n) is 8.64. The van der Waals surface area contributed by atoms with E-state index in [9.17, 15) is 4.79 Å². The van der Waals surface area contributed by atoms with E-state index in [1.165, 1.54) is 16.9 Å². The average Bonchev–Trinajstić information content (AvgIpc) is 2.96. The Bertz CT molecular complexity index is 975. The minimum Gasteiger partial charge on any atom is -0.382 e. The highest BCUT2D eigenvalue weighted by molar-refractivity contribution is 7.18. The molecule has 0 spiro atoms. The summed E-state index contributed by atoms with van der Waals surface area (Å²) in [6, 6.07) is 12.0. The van der Waals surface area contributed by atoms with E-state index in [2.05, 4.69) is 36.3 Å². The topological polar surface area (TPSA) is 68.0 Å². The molecule has 0 bridgehead atoms. The predicted molar refractivity (Wildman–Crippen MR) is 110 cm³/mol. The number of hydrogen-bond acceptors (Lipinski definition) is 5. The van der Waals surface area contributed by atoms with Crippen LogP contribution in [0.2, 0.25) is 0 Å². The number of nitrogens with zero attached hydrogens (tertiary/aromatic N) is 1. The number of carbonyl (C=O) groups excluding carboxylic acids is 1. The molecule has 26 heavy (non-hydrogen) atoms. The van der Waals surface area contributed by atoms with Crippen LogP contribution < -0.4 is 11.1 Å². The monoisotopic (exact) mass is 365 g/mol. The molecule has 3 aromatic rings. The van der Waals surface area contributed by atoms with Crippen molar-refractivity contribution in [1.29, 1.82) is 0 Å². The van der Waals surface area contributed by atoms with E-state index < -0.39 is 0 Å². The maximum absolute atomic E-state index is 12.9. The minimum absolute atomic E-state index is 0.0777. The van der Waals surface area contributed by atoms with Crippen molar-refractivity contribution in [2.75, 3.05) is 11.1 Å². The van der Waals surface area contributed by atoms with Gasteiger partial charge in [0.05, 0.1) is 0 Å². The SMILES string of the molecule is CCc1cccc(C)c1Nc1nc(N)c(C(=O)c2ccc(C)cc2C)s1. The lowest BCUT2D eigenvalue weighted by Gasteiger charge is -2.11. The third-order valence-electron chi connectivity index (χ3n) is 4.46. The lowest BCUT2D eigenvalue weighted by atomic mass is 10.0. The van der Waals surface area contributed by atoms with Crippen LogP contribution in [-0.4, -0.2) is 10.8 Å². The van der Waals surface area contributed by atoms with Gasteiger partial charge in [-0.05, 0) is 43.9 Å². The summed E-state index contributed by atoms with van der Waals surface area (Å²) in [5.41, 5.74) is 12.2. The summed E-state index contributed by atoms with van der Waals surface area (Å²) in [4.78, 5) is 17.8. The quantitative estimate of drug-likeness (QED) is 0.611. The van der Waals surface area contributed by atoms with Crippen LogP contribution in [0.15, 0.2) is 36.4 Å². The van der Waals surface area contributed by atoms with Crippen molar-refractivity contribution in [3.63, 3.8) is 0 Å². The van der Waals surface area contributed by atoms with Gasteiger partial charge in [0.15, 0.2) is 5.13 Å². The largest absolute Gasteiger partial charge is 0.382 e. The number of nitrogens with two attached hydrogens (primary N) is 1. The first kappa shape index (κ1) is 18.1. The van der Waals surface area contributed by atoms with Crippen molar-refractivity contribution in [3.05, 3.63) is 69.1 Å². The van der Waals surface area contributed by atoms with Crippen molar-refractivity contribution < 1.29 is 4.79 Å². The maximum atomic E-state index is 12.9. The zero-order valence-electron chi connectivity index (χ0n) is 15.5.